The number of nitrogens with zero attached hydrogens (tertiary/aromatic N) is 5. The standard InChI is InChI=1S/C24H22N6OS/c1-14-4-2-5-17-18(14)11-20-22(17)23(29-9-7-15(25)13-29)28-24(27-20)32-16-10-21-19(26-12-16)6-3-8-30(21)31/h2-6,8,10,12,15H,7,9,11,13,25H2,1H3/t15-/m0/s1. The molecule has 1 aliphatic carbocycles. The van der Waals surface area contributed by atoms with Gasteiger partial charge in [-0.05, 0) is 47.9 Å². The summed E-state index contributed by atoms with van der Waals surface area (Å²) in [4.78, 5) is 17.5. The molecule has 2 aliphatic rings. The number of aryl methyl sites for hydroxylation is 1. The predicted octanol–water partition coefficient (Wildman–Crippen LogP) is 3.23. The highest BCUT2D eigenvalue weighted by Gasteiger charge is 2.31. The minimum absolute atomic E-state index is 0.160. The fourth-order valence-corrected chi connectivity index (χ4v) is 5.45. The maximum absolute atomic E-state index is 12.2. The highest BCUT2D eigenvalue weighted by atomic mass is 32.2. The molecule has 0 saturated carbocycles. The van der Waals surface area contributed by atoms with Crippen LogP contribution in [0.5, 0.6) is 0 Å². The zero-order valence-corrected chi connectivity index (χ0v) is 18.5. The number of hydrogen-bond acceptors (Lipinski definition) is 7. The molecule has 4 heterocycles. The zero-order valence-electron chi connectivity index (χ0n) is 17.7. The molecule has 0 unspecified atom stereocenters. The number of rotatable bonds is 3. The summed E-state index contributed by atoms with van der Waals surface area (Å²) < 4.78 is 0.840. The molecule has 1 fully saturated rings. The van der Waals surface area contributed by atoms with Crippen LogP contribution in [0.25, 0.3) is 22.2 Å². The van der Waals surface area contributed by atoms with E-state index in [2.05, 4.69) is 35.0 Å². The third kappa shape index (κ3) is 3.18. The molecule has 0 bridgehead atoms. The van der Waals surface area contributed by atoms with Crippen molar-refractivity contribution in [2.45, 2.75) is 35.9 Å². The van der Waals surface area contributed by atoms with Gasteiger partial charge < -0.3 is 15.8 Å². The highest BCUT2D eigenvalue weighted by molar-refractivity contribution is 7.99. The molecule has 4 aromatic rings. The van der Waals surface area contributed by atoms with E-state index in [-0.39, 0.29) is 6.04 Å². The number of benzene rings is 1. The van der Waals surface area contributed by atoms with Crippen LogP contribution < -0.4 is 15.4 Å². The lowest BCUT2D eigenvalue weighted by Crippen LogP contribution is -2.27. The van der Waals surface area contributed by atoms with Crippen molar-refractivity contribution in [2.24, 2.45) is 5.73 Å². The van der Waals surface area contributed by atoms with Crippen molar-refractivity contribution in [1.82, 2.24) is 15.0 Å². The molecule has 3 aromatic heterocycles. The molecular weight excluding hydrogens is 420 g/mol. The average molecular weight is 443 g/mol. The molecule has 1 aromatic carbocycles. The second kappa shape index (κ2) is 7.43. The lowest BCUT2D eigenvalue weighted by Gasteiger charge is -2.21. The smallest absolute Gasteiger partial charge is 0.243 e. The number of nitrogens with two attached hydrogens (primary N) is 1. The van der Waals surface area contributed by atoms with Crippen molar-refractivity contribution in [2.75, 3.05) is 18.0 Å². The van der Waals surface area contributed by atoms with Crippen molar-refractivity contribution >= 4 is 28.6 Å². The van der Waals surface area contributed by atoms with Gasteiger partial charge in [-0.3, -0.25) is 0 Å². The molecule has 0 amide bonds. The Morgan fingerprint density at radius 1 is 1.22 bits per heavy atom. The quantitative estimate of drug-likeness (QED) is 0.260. The summed E-state index contributed by atoms with van der Waals surface area (Å²) >= 11 is 1.44. The topological polar surface area (TPSA) is 94.9 Å². The van der Waals surface area contributed by atoms with E-state index in [9.17, 15) is 5.21 Å². The lowest BCUT2D eigenvalue weighted by atomic mass is 10.0. The summed E-state index contributed by atoms with van der Waals surface area (Å²) in [7, 11) is 0. The van der Waals surface area contributed by atoms with Gasteiger partial charge in [-0.1, -0.05) is 18.2 Å². The molecule has 6 rings (SSSR count). The van der Waals surface area contributed by atoms with E-state index < -0.39 is 0 Å². The number of aromatic nitrogens is 4. The molecule has 160 valence electrons. The molecule has 0 spiro atoms. The van der Waals surface area contributed by atoms with E-state index in [1.165, 1.54) is 34.6 Å². The van der Waals surface area contributed by atoms with Crippen LogP contribution in [0.2, 0.25) is 0 Å². The molecule has 1 atom stereocenters. The summed E-state index contributed by atoms with van der Waals surface area (Å²) in [6.07, 6.45) is 5.02. The van der Waals surface area contributed by atoms with Crippen LogP contribution in [0, 0.1) is 12.1 Å². The third-order valence-electron chi connectivity index (χ3n) is 6.29. The first-order valence-electron chi connectivity index (χ1n) is 10.7. The van der Waals surface area contributed by atoms with E-state index in [1.54, 1.807) is 12.3 Å². The van der Waals surface area contributed by atoms with E-state index in [4.69, 9.17) is 15.7 Å². The highest BCUT2D eigenvalue weighted by Crippen LogP contribution is 2.44. The van der Waals surface area contributed by atoms with Crippen LogP contribution in [-0.4, -0.2) is 34.1 Å². The Morgan fingerprint density at radius 3 is 2.97 bits per heavy atom. The summed E-state index contributed by atoms with van der Waals surface area (Å²) in [6, 6.07) is 12.0. The van der Waals surface area contributed by atoms with Gasteiger partial charge in [0.15, 0.2) is 11.4 Å². The van der Waals surface area contributed by atoms with Gasteiger partial charge in [-0.2, -0.15) is 4.73 Å². The maximum Gasteiger partial charge on any atom is 0.243 e. The van der Waals surface area contributed by atoms with E-state index in [0.717, 1.165) is 52.6 Å². The van der Waals surface area contributed by atoms with Crippen LogP contribution in [0.1, 0.15) is 23.2 Å². The normalized spacial score (nSPS) is 17.1. The Morgan fingerprint density at radius 2 is 2.12 bits per heavy atom. The first-order chi connectivity index (χ1) is 15.6. The SMILES string of the molecule is Cc1cccc2c1Cc1nc(Sc3cnc4ccc[n+]([O-])c4c3)nc(N3CC[C@H](N)C3)c1-2. The van der Waals surface area contributed by atoms with Gasteiger partial charge >= 0.3 is 0 Å². The second-order valence-electron chi connectivity index (χ2n) is 8.44. The number of fused-ring (bicyclic) bond motifs is 4. The Hall–Kier alpha value is -3.23. The second-order valence-corrected chi connectivity index (χ2v) is 9.48. The predicted molar refractivity (Wildman–Crippen MR) is 125 cm³/mol. The monoisotopic (exact) mass is 442 g/mol. The van der Waals surface area contributed by atoms with Crippen LogP contribution >= 0.6 is 11.8 Å². The summed E-state index contributed by atoms with van der Waals surface area (Å²) in [5, 5.41) is 12.8. The Bertz CT molecular complexity index is 1370. The minimum Gasteiger partial charge on any atom is -0.618 e. The number of hydrogen-bond donors (Lipinski definition) is 1. The zero-order chi connectivity index (χ0) is 21.8. The Balaban J connectivity index is 1.45. The fourth-order valence-electron chi connectivity index (χ4n) is 4.67. The van der Waals surface area contributed by atoms with Crippen LogP contribution in [0.15, 0.2) is 58.8 Å². The molecule has 7 nitrogen and oxygen atoms in total. The Labute approximate surface area is 189 Å². The molecule has 1 saturated heterocycles. The van der Waals surface area contributed by atoms with Gasteiger partial charge in [0, 0.05) is 54.3 Å². The van der Waals surface area contributed by atoms with Gasteiger partial charge in [-0.15, -0.1) is 0 Å². The van der Waals surface area contributed by atoms with E-state index in [0.29, 0.717) is 16.2 Å². The average Bonchev–Trinajstić information content (AvgIpc) is 3.38. The molecule has 8 heteroatoms. The summed E-state index contributed by atoms with van der Waals surface area (Å²) in [5.74, 6) is 0.961. The number of pyridine rings is 2. The molecule has 1 aliphatic heterocycles. The Kier molecular flexibility index (Phi) is 4.51. The first-order valence-corrected chi connectivity index (χ1v) is 11.5. The van der Waals surface area contributed by atoms with Crippen LogP contribution in [0.3, 0.4) is 0 Å². The molecule has 2 N–H and O–H groups in total. The third-order valence-corrected chi connectivity index (χ3v) is 7.11. The minimum atomic E-state index is 0.160. The van der Waals surface area contributed by atoms with Gasteiger partial charge in [0.1, 0.15) is 11.3 Å². The summed E-state index contributed by atoms with van der Waals surface area (Å²) in [6.45, 7) is 3.84. The fraction of sp³-hybridized carbons (Fsp3) is 0.250. The van der Waals surface area contributed by atoms with Gasteiger partial charge in [0.2, 0.25) is 5.52 Å². The number of anilines is 1. The van der Waals surface area contributed by atoms with Gasteiger partial charge in [0.25, 0.3) is 0 Å². The molecule has 0 radical (unpaired) electrons. The van der Waals surface area contributed by atoms with Crippen LogP contribution in [0.4, 0.5) is 5.82 Å². The van der Waals surface area contributed by atoms with Gasteiger partial charge in [0.05, 0.1) is 5.69 Å². The molecular formula is C24H22N6OS. The first kappa shape index (κ1) is 19.5. The van der Waals surface area contributed by atoms with E-state index in [1.807, 2.05) is 12.1 Å². The van der Waals surface area contributed by atoms with Crippen molar-refractivity contribution in [3.8, 4) is 11.1 Å². The molecule has 32 heavy (non-hydrogen) atoms. The van der Waals surface area contributed by atoms with Crippen molar-refractivity contribution in [3.63, 3.8) is 0 Å². The largest absolute Gasteiger partial charge is 0.618 e. The summed E-state index contributed by atoms with van der Waals surface area (Å²) in [5.41, 5.74) is 13.4. The van der Waals surface area contributed by atoms with Crippen molar-refractivity contribution < 1.29 is 4.73 Å². The van der Waals surface area contributed by atoms with Gasteiger partial charge in [-0.25, -0.2) is 15.0 Å². The lowest BCUT2D eigenvalue weighted by molar-refractivity contribution is -0.577. The van der Waals surface area contributed by atoms with Crippen LogP contribution in [-0.2, 0) is 6.42 Å². The van der Waals surface area contributed by atoms with Crippen molar-refractivity contribution in [1.29, 1.82) is 0 Å². The maximum atomic E-state index is 12.2. The van der Waals surface area contributed by atoms with Crippen molar-refractivity contribution in [3.05, 3.63) is 70.8 Å². The van der Waals surface area contributed by atoms with E-state index >= 15 is 0 Å².